The minimum Gasteiger partial charge on any atom is -0.439 e. The van der Waals surface area contributed by atoms with Gasteiger partial charge in [-0.15, -0.1) is 11.3 Å². The van der Waals surface area contributed by atoms with E-state index in [1.54, 1.807) is 17.4 Å². The minimum atomic E-state index is -0.298. The lowest BCUT2D eigenvalue weighted by atomic mass is 10.1. The Bertz CT molecular complexity index is 551. The fourth-order valence-electron chi connectivity index (χ4n) is 2.08. The van der Waals surface area contributed by atoms with Crippen LogP contribution in [0.1, 0.15) is 27.0 Å². The fourth-order valence-corrected chi connectivity index (χ4v) is 2.79. The summed E-state index contributed by atoms with van der Waals surface area (Å²) in [5, 5.41) is 5.34. The molecular formula is C14H13NO2S. The summed E-state index contributed by atoms with van der Waals surface area (Å²) in [6.07, 6.45) is 0.655. The van der Waals surface area contributed by atoms with Gasteiger partial charge in [0.25, 0.3) is 0 Å². The number of fused-ring (bicyclic) bond motifs is 1. The number of benzene rings is 1. The zero-order valence-electron chi connectivity index (χ0n) is 9.76. The largest absolute Gasteiger partial charge is 0.439 e. The van der Waals surface area contributed by atoms with Crippen LogP contribution in [0.5, 0.6) is 0 Å². The van der Waals surface area contributed by atoms with Crippen LogP contribution in [-0.4, -0.2) is 12.5 Å². The van der Waals surface area contributed by atoms with Gasteiger partial charge in [-0.2, -0.15) is 0 Å². The summed E-state index contributed by atoms with van der Waals surface area (Å²) >= 11 is 1.74. The molecule has 0 saturated heterocycles. The van der Waals surface area contributed by atoms with E-state index in [1.807, 2.05) is 24.3 Å². The van der Waals surface area contributed by atoms with Crippen molar-refractivity contribution in [3.05, 3.63) is 57.8 Å². The summed E-state index contributed by atoms with van der Waals surface area (Å²) < 4.78 is 5.30. The van der Waals surface area contributed by atoms with Gasteiger partial charge in [0.15, 0.2) is 6.23 Å². The van der Waals surface area contributed by atoms with E-state index < -0.39 is 0 Å². The zero-order valence-corrected chi connectivity index (χ0v) is 10.6. The molecule has 92 valence electrons. The van der Waals surface area contributed by atoms with Gasteiger partial charge in [0, 0.05) is 17.0 Å². The first-order valence-corrected chi connectivity index (χ1v) is 6.78. The highest BCUT2D eigenvalue weighted by atomic mass is 32.1. The smallest absolute Gasteiger partial charge is 0.340 e. The predicted molar refractivity (Wildman–Crippen MR) is 70.6 cm³/mol. The van der Waals surface area contributed by atoms with E-state index in [4.69, 9.17) is 4.74 Å². The van der Waals surface area contributed by atoms with Crippen LogP contribution < -0.4 is 5.32 Å². The molecule has 1 atom stereocenters. The highest BCUT2D eigenvalue weighted by molar-refractivity contribution is 7.09. The van der Waals surface area contributed by atoms with E-state index in [-0.39, 0.29) is 12.2 Å². The molecule has 0 amide bonds. The van der Waals surface area contributed by atoms with Crippen LogP contribution in [0.25, 0.3) is 0 Å². The maximum absolute atomic E-state index is 11.6. The normalized spacial score (nSPS) is 17.6. The van der Waals surface area contributed by atoms with Crippen molar-refractivity contribution in [3.8, 4) is 0 Å². The third kappa shape index (κ3) is 2.17. The molecule has 0 radical (unpaired) electrons. The van der Waals surface area contributed by atoms with Gasteiger partial charge in [-0.05, 0) is 23.9 Å². The van der Waals surface area contributed by atoms with Gasteiger partial charge >= 0.3 is 5.97 Å². The molecule has 0 fully saturated rings. The van der Waals surface area contributed by atoms with Crippen molar-refractivity contribution in [1.29, 1.82) is 0 Å². The van der Waals surface area contributed by atoms with Crippen LogP contribution in [0, 0.1) is 0 Å². The van der Waals surface area contributed by atoms with Crippen molar-refractivity contribution in [2.75, 3.05) is 6.54 Å². The third-order valence-corrected chi connectivity index (χ3v) is 3.91. The van der Waals surface area contributed by atoms with Crippen molar-refractivity contribution < 1.29 is 9.53 Å². The lowest BCUT2D eigenvalue weighted by Crippen LogP contribution is -2.23. The number of hydrogen-bond donors (Lipinski definition) is 1. The van der Waals surface area contributed by atoms with Crippen LogP contribution in [0.15, 0.2) is 41.8 Å². The average molecular weight is 259 g/mol. The molecule has 0 aliphatic carbocycles. The quantitative estimate of drug-likeness (QED) is 0.858. The Morgan fingerprint density at radius 3 is 2.94 bits per heavy atom. The van der Waals surface area contributed by atoms with Gasteiger partial charge in [-0.25, -0.2) is 4.79 Å². The Morgan fingerprint density at radius 1 is 1.22 bits per heavy atom. The van der Waals surface area contributed by atoms with Crippen LogP contribution in [0.2, 0.25) is 0 Å². The summed E-state index contributed by atoms with van der Waals surface area (Å²) in [4.78, 5) is 12.9. The van der Waals surface area contributed by atoms with Gasteiger partial charge in [0.1, 0.15) is 0 Å². The number of nitrogens with one attached hydrogen (secondary N) is 1. The van der Waals surface area contributed by atoms with Gasteiger partial charge in [-0.1, -0.05) is 24.3 Å². The molecule has 2 aromatic rings. The highest BCUT2D eigenvalue weighted by Gasteiger charge is 2.29. The fraction of sp³-hybridized carbons (Fsp3) is 0.214. The first-order chi connectivity index (χ1) is 8.84. The maximum atomic E-state index is 11.6. The summed E-state index contributed by atoms with van der Waals surface area (Å²) in [6, 6.07) is 11.7. The van der Waals surface area contributed by atoms with E-state index in [2.05, 4.69) is 16.8 Å². The predicted octanol–water partition coefficient (Wildman–Crippen LogP) is 2.75. The second-order valence-corrected chi connectivity index (χ2v) is 5.19. The molecule has 1 N–H and O–H groups in total. The van der Waals surface area contributed by atoms with E-state index in [0.717, 1.165) is 18.5 Å². The number of cyclic esters (lactones) is 1. The Hall–Kier alpha value is -1.65. The van der Waals surface area contributed by atoms with E-state index in [0.29, 0.717) is 5.56 Å². The number of thiophene rings is 1. The van der Waals surface area contributed by atoms with Crippen LogP contribution >= 0.6 is 11.3 Å². The topological polar surface area (TPSA) is 38.3 Å². The number of rotatable bonds is 4. The monoisotopic (exact) mass is 259 g/mol. The lowest BCUT2D eigenvalue weighted by molar-refractivity contribution is 0.0311. The van der Waals surface area contributed by atoms with Crippen LogP contribution in [0.4, 0.5) is 0 Å². The van der Waals surface area contributed by atoms with Crippen molar-refractivity contribution >= 4 is 17.3 Å². The molecule has 1 aromatic heterocycles. The summed E-state index contributed by atoms with van der Waals surface area (Å²) in [5.74, 6) is -0.237. The van der Waals surface area contributed by atoms with Gasteiger partial charge < -0.3 is 4.74 Å². The number of hydrogen-bond acceptors (Lipinski definition) is 4. The molecule has 3 nitrogen and oxygen atoms in total. The molecule has 0 saturated carbocycles. The van der Waals surface area contributed by atoms with E-state index in [9.17, 15) is 4.79 Å². The lowest BCUT2D eigenvalue weighted by Gasteiger charge is -2.12. The molecule has 1 aliphatic rings. The summed E-state index contributed by atoms with van der Waals surface area (Å²) in [5.41, 5.74) is 1.61. The maximum Gasteiger partial charge on any atom is 0.340 e. The second-order valence-electron chi connectivity index (χ2n) is 4.16. The average Bonchev–Trinajstić information content (AvgIpc) is 3.00. The van der Waals surface area contributed by atoms with Gasteiger partial charge in [-0.3, -0.25) is 5.32 Å². The molecule has 2 heterocycles. The Labute approximate surface area is 109 Å². The first-order valence-electron chi connectivity index (χ1n) is 5.90. The Balaban J connectivity index is 1.63. The number of carbonyl (C=O) groups is 1. The standard InChI is InChI=1S/C14H13NO2S/c16-14-12-6-2-1-5-11(12)13(17-14)15-8-7-10-4-3-9-18-10/h1-6,9,13,15H,7-8H2. The van der Waals surface area contributed by atoms with Crippen molar-refractivity contribution in [3.63, 3.8) is 0 Å². The van der Waals surface area contributed by atoms with Crippen molar-refractivity contribution in [2.45, 2.75) is 12.6 Å². The van der Waals surface area contributed by atoms with Gasteiger partial charge in [0.05, 0.1) is 5.56 Å². The minimum absolute atomic E-state index is 0.237. The number of esters is 1. The van der Waals surface area contributed by atoms with Crippen LogP contribution in [0.3, 0.4) is 0 Å². The molecule has 0 spiro atoms. The third-order valence-electron chi connectivity index (χ3n) is 2.97. The Kier molecular flexibility index (Phi) is 3.13. The second kappa shape index (κ2) is 4.92. The highest BCUT2D eigenvalue weighted by Crippen LogP contribution is 2.28. The molecule has 1 aromatic carbocycles. The van der Waals surface area contributed by atoms with E-state index in [1.165, 1.54) is 4.88 Å². The number of carbonyl (C=O) groups excluding carboxylic acids is 1. The summed E-state index contributed by atoms with van der Waals surface area (Å²) in [6.45, 7) is 0.798. The van der Waals surface area contributed by atoms with E-state index >= 15 is 0 Å². The van der Waals surface area contributed by atoms with Crippen LogP contribution in [-0.2, 0) is 11.2 Å². The van der Waals surface area contributed by atoms with Gasteiger partial charge in [0.2, 0.25) is 0 Å². The molecular weight excluding hydrogens is 246 g/mol. The Morgan fingerprint density at radius 2 is 2.11 bits per heavy atom. The molecule has 1 unspecified atom stereocenters. The SMILES string of the molecule is O=C1OC(NCCc2cccs2)c2ccccc21. The van der Waals surface area contributed by atoms with Crippen molar-refractivity contribution in [2.24, 2.45) is 0 Å². The molecule has 4 heteroatoms. The molecule has 0 bridgehead atoms. The van der Waals surface area contributed by atoms with Crippen molar-refractivity contribution in [1.82, 2.24) is 5.32 Å². The molecule has 18 heavy (non-hydrogen) atoms. The molecule has 3 rings (SSSR count). The molecule has 1 aliphatic heterocycles. The first kappa shape index (κ1) is 11.4. The number of ether oxygens (including phenoxy) is 1. The zero-order chi connectivity index (χ0) is 12.4. The summed E-state index contributed by atoms with van der Waals surface area (Å²) in [7, 11) is 0.